The van der Waals surface area contributed by atoms with Crippen LogP contribution in [0, 0.1) is 0 Å². The maximum Gasteiger partial charge on any atom is 0.324 e. The van der Waals surface area contributed by atoms with Crippen LogP contribution in [0.5, 0.6) is 5.75 Å². The second-order valence-corrected chi connectivity index (χ2v) is 5.18. The van der Waals surface area contributed by atoms with Gasteiger partial charge in [0, 0.05) is 10.6 Å². The summed E-state index contributed by atoms with van der Waals surface area (Å²) in [5.74, 6) is 0.445. The van der Waals surface area contributed by atoms with Crippen molar-refractivity contribution in [3.05, 3.63) is 24.3 Å². The Balaban J connectivity index is 2.64. The average Bonchev–Trinajstić information content (AvgIpc) is 2.37. The molecule has 0 bridgehead atoms. The number of carboxylic acids is 1. The smallest absolute Gasteiger partial charge is 0.324 e. The van der Waals surface area contributed by atoms with Crippen molar-refractivity contribution >= 4 is 17.7 Å². The van der Waals surface area contributed by atoms with Gasteiger partial charge in [0.15, 0.2) is 0 Å². The van der Waals surface area contributed by atoms with E-state index >= 15 is 0 Å². The zero-order valence-corrected chi connectivity index (χ0v) is 11.7. The molecule has 0 aliphatic carbocycles. The molecule has 2 N–H and O–H groups in total. The minimum absolute atomic E-state index is 0.475. The molecule has 0 spiro atoms. The van der Waals surface area contributed by atoms with Crippen LogP contribution in [-0.2, 0) is 4.79 Å². The lowest BCUT2D eigenvalue weighted by molar-refractivity contribution is -0.143. The van der Waals surface area contributed by atoms with Crippen LogP contribution in [0.25, 0.3) is 0 Å². The molecule has 1 unspecified atom stereocenters. The molecule has 4 nitrogen and oxygen atoms in total. The predicted octanol–water partition coefficient (Wildman–Crippen LogP) is 2.24. The van der Waals surface area contributed by atoms with E-state index in [0.29, 0.717) is 12.3 Å². The maximum atomic E-state index is 11.2. The number of thioether (sulfide) groups is 1. The fraction of sp³-hybridized carbons (Fsp3) is 0.462. The third-order valence-corrected chi connectivity index (χ3v) is 3.95. The van der Waals surface area contributed by atoms with Crippen molar-refractivity contribution < 1.29 is 14.6 Å². The normalized spacial score (nSPS) is 13.9. The molecule has 1 atom stereocenters. The van der Waals surface area contributed by atoms with Gasteiger partial charge in [-0.1, -0.05) is 6.92 Å². The summed E-state index contributed by atoms with van der Waals surface area (Å²) in [4.78, 5) is 12.3. The van der Waals surface area contributed by atoms with E-state index in [1.165, 1.54) is 11.8 Å². The summed E-state index contributed by atoms with van der Waals surface area (Å²) in [5, 5.41) is 12.2. The lowest BCUT2D eigenvalue weighted by Gasteiger charge is -2.25. The molecule has 0 amide bonds. The van der Waals surface area contributed by atoms with E-state index in [-0.39, 0.29) is 0 Å². The van der Waals surface area contributed by atoms with Gasteiger partial charge < -0.3 is 15.2 Å². The minimum Gasteiger partial charge on any atom is -0.497 e. The summed E-state index contributed by atoms with van der Waals surface area (Å²) in [5.41, 5.74) is -0.903. The van der Waals surface area contributed by atoms with Gasteiger partial charge in [0.25, 0.3) is 0 Å². The largest absolute Gasteiger partial charge is 0.497 e. The van der Waals surface area contributed by atoms with Crippen LogP contribution in [0.15, 0.2) is 29.2 Å². The fourth-order valence-corrected chi connectivity index (χ4v) is 2.49. The zero-order chi connectivity index (χ0) is 13.6. The van der Waals surface area contributed by atoms with Crippen LogP contribution in [0.4, 0.5) is 0 Å². The molecule has 1 rings (SSSR count). The Morgan fingerprint density at radius 2 is 2.06 bits per heavy atom. The molecule has 0 aliphatic rings. The molecular formula is C13H19NO3S. The van der Waals surface area contributed by atoms with Gasteiger partial charge in [-0.3, -0.25) is 4.79 Å². The first-order valence-electron chi connectivity index (χ1n) is 5.77. The van der Waals surface area contributed by atoms with Gasteiger partial charge in [-0.2, -0.15) is 0 Å². The first-order valence-corrected chi connectivity index (χ1v) is 6.75. The molecule has 0 heterocycles. The number of nitrogens with one attached hydrogen (secondary N) is 1. The molecule has 0 saturated heterocycles. The van der Waals surface area contributed by atoms with E-state index in [2.05, 4.69) is 5.32 Å². The highest BCUT2D eigenvalue weighted by molar-refractivity contribution is 7.99. The molecule has 100 valence electrons. The summed E-state index contributed by atoms with van der Waals surface area (Å²) < 4.78 is 5.08. The number of rotatable bonds is 7. The summed E-state index contributed by atoms with van der Waals surface area (Å²) in [6.45, 7) is 4.24. The highest BCUT2D eigenvalue weighted by Crippen LogP contribution is 2.25. The summed E-state index contributed by atoms with van der Waals surface area (Å²) in [6, 6.07) is 7.59. The van der Waals surface area contributed by atoms with Gasteiger partial charge in [0.2, 0.25) is 0 Å². The molecule has 18 heavy (non-hydrogen) atoms. The van der Waals surface area contributed by atoms with Crippen LogP contribution < -0.4 is 10.1 Å². The second kappa shape index (κ2) is 6.66. The Morgan fingerprint density at radius 1 is 1.44 bits per heavy atom. The molecule has 1 aromatic rings. The lowest BCUT2D eigenvalue weighted by atomic mass is 10.1. The number of benzene rings is 1. The van der Waals surface area contributed by atoms with Crippen molar-refractivity contribution in [1.29, 1.82) is 0 Å². The van der Waals surface area contributed by atoms with Crippen molar-refractivity contribution in [2.24, 2.45) is 0 Å². The molecule has 0 fully saturated rings. The number of likely N-dealkylation sites (N-methyl/N-ethyl adjacent to an activating group) is 1. The van der Waals surface area contributed by atoms with Crippen molar-refractivity contribution in [3.63, 3.8) is 0 Å². The van der Waals surface area contributed by atoms with E-state index in [1.807, 2.05) is 31.2 Å². The van der Waals surface area contributed by atoms with Gasteiger partial charge in [0.1, 0.15) is 11.3 Å². The minimum atomic E-state index is -0.903. The monoisotopic (exact) mass is 269 g/mol. The van der Waals surface area contributed by atoms with E-state index in [1.54, 1.807) is 14.0 Å². The van der Waals surface area contributed by atoms with Crippen molar-refractivity contribution in [2.75, 3.05) is 19.4 Å². The van der Waals surface area contributed by atoms with Gasteiger partial charge in [0.05, 0.1) is 7.11 Å². The highest BCUT2D eigenvalue weighted by atomic mass is 32.2. The Bertz CT molecular complexity index is 394. The number of ether oxygens (including phenoxy) is 1. The van der Waals surface area contributed by atoms with Crippen LogP contribution >= 0.6 is 11.8 Å². The van der Waals surface area contributed by atoms with Gasteiger partial charge in [-0.25, -0.2) is 0 Å². The first-order chi connectivity index (χ1) is 8.51. The summed E-state index contributed by atoms with van der Waals surface area (Å²) in [6.07, 6.45) is 0. The number of methoxy groups -OCH3 is 1. The highest BCUT2D eigenvalue weighted by Gasteiger charge is 2.31. The van der Waals surface area contributed by atoms with Gasteiger partial charge in [-0.05, 0) is 37.7 Å². The van der Waals surface area contributed by atoms with E-state index in [9.17, 15) is 9.90 Å². The fourth-order valence-electron chi connectivity index (χ4n) is 1.48. The van der Waals surface area contributed by atoms with Gasteiger partial charge >= 0.3 is 5.97 Å². The molecule has 0 saturated carbocycles. The molecular weight excluding hydrogens is 250 g/mol. The van der Waals surface area contributed by atoms with Crippen molar-refractivity contribution in [3.8, 4) is 5.75 Å². The standard InChI is InChI=1S/C13H19NO3S/c1-4-14-13(2,12(15)16)9-18-11-7-5-10(17-3)6-8-11/h5-8,14H,4,9H2,1-3H3,(H,15,16). The second-order valence-electron chi connectivity index (χ2n) is 4.13. The van der Waals surface area contributed by atoms with Crippen molar-refractivity contribution in [2.45, 2.75) is 24.3 Å². The average molecular weight is 269 g/mol. The van der Waals surface area contributed by atoms with Crippen LogP contribution in [-0.4, -0.2) is 36.0 Å². The molecule has 5 heteroatoms. The number of hydrogen-bond acceptors (Lipinski definition) is 4. The van der Waals surface area contributed by atoms with Crippen LogP contribution in [0.1, 0.15) is 13.8 Å². The Hall–Kier alpha value is -1.20. The number of carboxylic acid groups (broad SMARTS) is 1. The summed E-state index contributed by atoms with van der Waals surface area (Å²) in [7, 11) is 1.62. The lowest BCUT2D eigenvalue weighted by Crippen LogP contribution is -2.51. The van der Waals surface area contributed by atoms with Crippen LogP contribution in [0.2, 0.25) is 0 Å². The SMILES string of the molecule is CCNC(C)(CSc1ccc(OC)cc1)C(=O)O. The first kappa shape index (κ1) is 14.9. The zero-order valence-electron chi connectivity index (χ0n) is 10.9. The molecule has 1 aromatic carbocycles. The Morgan fingerprint density at radius 3 is 2.50 bits per heavy atom. The van der Waals surface area contributed by atoms with Crippen LogP contribution in [0.3, 0.4) is 0 Å². The number of carbonyl (C=O) groups is 1. The number of hydrogen-bond donors (Lipinski definition) is 2. The molecule has 0 aliphatic heterocycles. The molecule has 0 aromatic heterocycles. The van der Waals surface area contributed by atoms with E-state index in [4.69, 9.17) is 4.74 Å². The number of aliphatic carboxylic acids is 1. The maximum absolute atomic E-state index is 11.2. The topological polar surface area (TPSA) is 58.6 Å². The third kappa shape index (κ3) is 3.92. The quantitative estimate of drug-likeness (QED) is 0.743. The predicted molar refractivity (Wildman–Crippen MR) is 73.4 cm³/mol. The van der Waals surface area contributed by atoms with E-state index < -0.39 is 11.5 Å². The van der Waals surface area contributed by atoms with Gasteiger partial charge in [-0.15, -0.1) is 11.8 Å². The Labute approximate surface area is 112 Å². The third-order valence-electron chi connectivity index (χ3n) is 2.63. The molecule has 0 radical (unpaired) electrons. The Kier molecular flexibility index (Phi) is 5.50. The summed E-state index contributed by atoms with van der Waals surface area (Å²) >= 11 is 1.52. The van der Waals surface area contributed by atoms with Crippen molar-refractivity contribution in [1.82, 2.24) is 5.32 Å². The van der Waals surface area contributed by atoms with E-state index in [0.717, 1.165) is 10.6 Å².